The highest BCUT2D eigenvalue weighted by Crippen LogP contribution is 2.30. The minimum atomic E-state index is -3.79. The topological polar surface area (TPSA) is 98.5 Å². The van der Waals surface area contributed by atoms with Gasteiger partial charge in [-0.3, -0.25) is 4.79 Å². The summed E-state index contributed by atoms with van der Waals surface area (Å²) in [5.74, 6) is 0.621. The molecule has 2 aromatic carbocycles. The first kappa shape index (κ1) is 18.7. The number of amides is 1. The van der Waals surface area contributed by atoms with Gasteiger partial charge in [0, 0.05) is 18.3 Å². The normalized spacial score (nSPS) is 13.0. The smallest absolute Gasteiger partial charge is 0.252 e. The summed E-state index contributed by atoms with van der Waals surface area (Å²) >= 11 is 0.932. The molecule has 0 bridgehead atoms. The molecular formula is C20H18N2O4S2. The molecule has 0 spiro atoms. The van der Waals surface area contributed by atoms with Gasteiger partial charge in [-0.1, -0.05) is 30.3 Å². The van der Waals surface area contributed by atoms with E-state index in [0.29, 0.717) is 6.54 Å². The van der Waals surface area contributed by atoms with Crippen molar-refractivity contribution < 1.29 is 17.9 Å². The fourth-order valence-corrected chi connectivity index (χ4v) is 4.64. The van der Waals surface area contributed by atoms with Gasteiger partial charge in [0.15, 0.2) is 0 Å². The zero-order valence-electron chi connectivity index (χ0n) is 14.8. The van der Waals surface area contributed by atoms with E-state index in [0.717, 1.165) is 46.8 Å². The average molecular weight is 415 g/mol. The number of rotatable bonds is 5. The lowest BCUT2D eigenvalue weighted by Crippen LogP contribution is -2.22. The molecule has 0 radical (unpaired) electrons. The predicted molar refractivity (Wildman–Crippen MR) is 108 cm³/mol. The van der Waals surface area contributed by atoms with Gasteiger partial charge in [-0.15, -0.1) is 11.3 Å². The number of nitrogens with two attached hydrogens (primary N) is 1. The van der Waals surface area contributed by atoms with Crippen molar-refractivity contribution in [1.29, 1.82) is 0 Å². The van der Waals surface area contributed by atoms with Crippen LogP contribution < -0.4 is 15.2 Å². The molecule has 1 aliphatic heterocycles. The second kappa shape index (κ2) is 7.38. The molecule has 0 fully saturated rings. The molecule has 0 unspecified atom stereocenters. The molecule has 0 atom stereocenters. The highest BCUT2D eigenvalue weighted by molar-refractivity contribution is 7.91. The third kappa shape index (κ3) is 3.94. The Hall–Kier alpha value is -2.68. The Bertz CT molecular complexity index is 1140. The van der Waals surface area contributed by atoms with Crippen molar-refractivity contribution in [1.82, 2.24) is 5.32 Å². The first-order chi connectivity index (χ1) is 13.4. The minimum Gasteiger partial charge on any atom is -0.493 e. The van der Waals surface area contributed by atoms with Crippen LogP contribution in [0, 0.1) is 0 Å². The van der Waals surface area contributed by atoms with Crippen LogP contribution in [0.1, 0.15) is 21.5 Å². The van der Waals surface area contributed by atoms with Gasteiger partial charge in [-0.2, -0.15) is 0 Å². The summed E-state index contributed by atoms with van der Waals surface area (Å²) in [6, 6.07) is 15.4. The van der Waals surface area contributed by atoms with Crippen molar-refractivity contribution in [3.63, 3.8) is 0 Å². The monoisotopic (exact) mass is 414 g/mol. The summed E-state index contributed by atoms with van der Waals surface area (Å²) in [4.78, 5) is 12.2. The molecule has 0 aliphatic carbocycles. The maximum atomic E-state index is 12.2. The van der Waals surface area contributed by atoms with Crippen LogP contribution in [0.25, 0.3) is 11.1 Å². The van der Waals surface area contributed by atoms with Crippen molar-refractivity contribution in [2.24, 2.45) is 5.14 Å². The van der Waals surface area contributed by atoms with Crippen molar-refractivity contribution in [2.75, 3.05) is 6.61 Å². The van der Waals surface area contributed by atoms with Crippen LogP contribution in [-0.2, 0) is 23.0 Å². The number of sulfonamides is 1. The quantitative estimate of drug-likeness (QED) is 0.671. The molecule has 3 N–H and O–H groups in total. The van der Waals surface area contributed by atoms with Crippen LogP contribution >= 0.6 is 11.3 Å². The number of ether oxygens (including phenoxy) is 1. The Balaban J connectivity index is 1.41. The van der Waals surface area contributed by atoms with Crippen molar-refractivity contribution >= 4 is 27.3 Å². The highest BCUT2D eigenvalue weighted by Gasteiger charge is 2.15. The molecule has 0 saturated heterocycles. The molecule has 3 aromatic rings. The van der Waals surface area contributed by atoms with E-state index in [-0.39, 0.29) is 15.7 Å². The number of fused-ring (bicyclic) bond motifs is 1. The maximum Gasteiger partial charge on any atom is 0.252 e. The summed E-state index contributed by atoms with van der Waals surface area (Å²) in [7, 11) is -3.79. The number of hydrogen-bond donors (Lipinski definition) is 2. The van der Waals surface area contributed by atoms with E-state index in [4.69, 9.17) is 9.88 Å². The number of carbonyl (C=O) groups is 1. The molecule has 4 rings (SSSR count). The fraction of sp³-hybridized carbons (Fsp3) is 0.150. The van der Waals surface area contributed by atoms with Gasteiger partial charge in [0.2, 0.25) is 10.0 Å². The van der Waals surface area contributed by atoms with E-state index >= 15 is 0 Å². The zero-order valence-corrected chi connectivity index (χ0v) is 16.5. The lowest BCUT2D eigenvalue weighted by Gasteiger charge is -2.07. The van der Waals surface area contributed by atoms with Crippen molar-refractivity contribution in [3.05, 3.63) is 70.6 Å². The van der Waals surface area contributed by atoms with Crippen LogP contribution in [0.3, 0.4) is 0 Å². The lowest BCUT2D eigenvalue weighted by atomic mass is 10.0. The Morgan fingerprint density at radius 1 is 1.11 bits per heavy atom. The summed E-state index contributed by atoms with van der Waals surface area (Å²) in [5.41, 5.74) is 4.69. The number of nitrogens with one attached hydrogen (secondary N) is 1. The van der Waals surface area contributed by atoms with E-state index in [1.165, 1.54) is 17.0 Å². The van der Waals surface area contributed by atoms with Gasteiger partial charge in [0.05, 0.1) is 12.2 Å². The van der Waals surface area contributed by atoms with Crippen LogP contribution in [0.4, 0.5) is 0 Å². The second-order valence-corrected chi connectivity index (χ2v) is 9.20. The van der Waals surface area contributed by atoms with Gasteiger partial charge in [0.1, 0.15) is 9.96 Å². The SMILES string of the molecule is NS(=O)(=O)c1cc(C(=O)NCc2ccc(-c3ccc4c(c3)CCO4)cc2)cs1. The molecule has 28 heavy (non-hydrogen) atoms. The van der Waals surface area contributed by atoms with Gasteiger partial charge >= 0.3 is 0 Å². The van der Waals surface area contributed by atoms with E-state index in [1.54, 1.807) is 0 Å². The minimum absolute atomic E-state index is 0.0262. The van der Waals surface area contributed by atoms with Crippen LogP contribution in [-0.4, -0.2) is 20.9 Å². The second-order valence-electron chi connectivity index (χ2n) is 6.50. The van der Waals surface area contributed by atoms with Crippen molar-refractivity contribution in [2.45, 2.75) is 17.2 Å². The number of primary sulfonamides is 1. The molecule has 0 saturated carbocycles. The third-order valence-corrected chi connectivity index (χ3v) is 6.93. The number of thiophene rings is 1. The Morgan fingerprint density at radius 3 is 2.57 bits per heavy atom. The zero-order chi connectivity index (χ0) is 19.7. The first-order valence-electron chi connectivity index (χ1n) is 8.65. The van der Waals surface area contributed by atoms with Crippen LogP contribution in [0.2, 0.25) is 0 Å². The molecule has 8 heteroatoms. The third-order valence-electron chi connectivity index (χ3n) is 4.55. The predicted octanol–water partition coefficient (Wildman–Crippen LogP) is 2.93. The lowest BCUT2D eigenvalue weighted by molar-refractivity contribution is 0.0951. The number of benzene rings is 2. The summed E-state index contributed by atoms with van der Waals surface area (Å²) in [6.45, 7) is 1.08. The molecule has 1 aromatic heterocycles. The largest absolute Gasteiger partial charge is 0.493 e. The molecule has 1 aliphatic rings. The number of carbonyl (C=O) groups excluding carboxylic acids is 1. The molecule has 2 heterocycles. The summed E-state index contributed by atoms with van der Waals surface area (Å²) < 4.78 is 28.1. The fourth-order valence-electron chi connectivity index (χ4n) is 3.05. The molecule has 144 valence electrons. The van der Waals surface area contributed by atoms with Gasteiger partial charge < -0.3 is 10.1 Å². The Morgan fingerprint density at radius 2 is 1.86 bits per heavy atom. The van der Waals surface area contributed by atoms with Gasteiger partial charge in [-0.25, -0.2) is 13.6 Å². The molecule has 6 nitrogen and oxygen atoms in total. The summed E-state index contributed by atoms with van der Waals surface area (Å²) in [5, 5.41) is 9.34. The average Bonchev–Trinajstić information content (AvgIpc) is 3.35. The Kier molecular flexibility index (Phi) is 4.92. The van der Waals surface area contributed by atoms with E-state index in [2.05, 4.69) is 11.4 Å². The van der Waals surface area contributed by atoms with Gasteiger partial charge in [-0.05, 0) is 40.5 Å². The first-order valence-corrected chi connectivity index (χ1v) is 11.1. The number of hydrogen-bond acceptors (Lipinski definition) is 5. The van der Waals surface area contributed by atoms with Gasteiger partial charge in [0.25, 0.3) is 5.91 Å². The van der Waals surface area contributed by atoms with E-state index in [9.17, 15) is 13.2 Å². The Labute approximate surface area is 167 Å². The van der Waals surface area contributed by atoms with E-state index < -0.39 is 10.0 Å². The molecular weight excluding hydrogens is 396 g/mol. The van der Waals surface area contributed by atoms with Crippen LogP contribution in [0.5, 0.6) is 5.75 Å². The van der Waals surface area contributed by atoms with Crippen molar-refractivity contribution in [3.8, 4) is 16.9 Å². The molecule has 1 amide bonds. The standard InChI is InChI=1S/C20H18N2O4S2/c21-28(24,25)19-10-17(12-27-19)20(23)22-11-13-1-3-14(4-2-13)15-5-6-18-16(9-15)7-8-26-18/h1-6,9-10,12H,7-8,11H2,(H,22,23)(H2,21,24,25). The van der Waals surface area contributed by atoms with Crippen LogP contribution in [0.15, 0.2) is 58.1 Å². The summed E-state index contributed by atoms with van der Waals surface area (Å²) in [6.07, 6.45) is 0.934. The van der Waals surface area contributed by atoms with E-state index in [1.807, 2.05) is 36.4 Å². The maximum absolute atomic E-state index is 12.2. The highest BCUT2D eigenvalue weighted by atomic mass is 32.2.